The average Bonchev–Trinajstić information content (AvgIpc) is 2.84. The Kier molecular flexibility index (Phi) is 8.48. The number of carbonyl (C=O) groups is 2. The quantitative estimate of drug-likeness (QED) is 0.448. The zero-order valence-electron chi connectivity index (χ0n) is 21.6. The molecule has 2 aliphatic rings. The number of carboxylic acid groups (broad SMARTS) is 1. The van der Waals surface area contributed by atoms with Gasteiger partial charge in [0.25, 0.3) is 5.91 Å². The third-order valence-electron chi connectivity index (χ3n) is 7.45. The zero-order valence-corrected chi connectivity index (χ0v) is 24.0. The number of sulfone groups is 1. The molecule has 1 heterocycles. The molecule has 38 heavy (non-hydrogen) atoms. The van der Waals surface area contributed by atoms with Gasteiger partial charge in [0, 0.05) is 16.1 Å². The van der Waals surface area contributed by atoms with E-state index in [1.807, 2.05) is 6.07 Å². The summed E-state index contributed by atoms with van der Waals surface area (Å²) in [7, 11) is -3.66. The number of aliphatic carboxylic acids is 1. The molecular weight excluding hydrogens is 549 g/mol. The highest BCUT2D eigenvalue weighted by atomic mass is 35.5. The summed E-state index contributed by atoms with van der Waals surface area (Å²) in [4.78, 5) is 27.4. The van der Waals surface area contributed by atoms with Crippen LogP contribution in [0.15, 0.2) is 48.5 Å². The molecule has 5 unspecified atom stereocenters. The number of hydrogen-bond donors (Lipinski definition) is 1. The molecule has 2 aromatic carbocycles. The van der Waals surface area contributed by atoms with Crippen LogP contribution in [0.4, 0.5) is 0 Å². The largest absolute Gasteiger partial charge is 0.481 e. The molecule has 1 saturated carbocycles. The van der Waals surface area contributed by atoms with Crippen LogP contribution in [-0.4, -0.2) is 52.4 Å². The Bertz CT molecular complexity index is 1290. The normalized spacial score (nSPS) is 26.8. The van der Waals surface area contributed by atoms with Gasteiger partial charge in [-0.2, -0.15) is 0 Å². The van der Waals surface area contributed by atoms with Crippen molar-refractivity contribution in [3.63, 3.8) is 0 Å². The van der Waals surface area contributed by atoms with Gasteiger partial charge in [0.15, 0.2) is 9.84 Å². The number of rotatable bonds is 6. The van der Waals surface area contributed by atoms with Gasteiger partial charge in [-0.15, -0.1) is 0 Å². The van der Waals surface area contributed by atoms with Crippen LogP contribution in [0.2, 0.25) is 10.0 Å². The maximum Gasteiger partial charge on any atom is 0.306 e. The third-order valence-corrected chi connectivity index (χ3v) is 11.0. The lowest BCUT2D eigenvalue weighted by atomic mass is 9.86. The van der Waals surface area contributed by atoms with Gasteiger partial charge >= 0.3 is 5.97 Å². The number of morpholine rings is 1. The second-order valence-corrected chi connectivity index (χ2v) is 14.8. The van der Waals surface area contributed by atoms with Gasteiger partial charge in [-0.1, -0.05) is 60.3 Å². The van der Waals surface area contributed by atoms with Crippen LogP contribution >= 0.6 is 23.2 Å². The van der Waals surface area contributed by atoms with Crippen molar-refractivity contribution in [2.24, 2.45) is 0 Å². The first kappa shape index (κ1) is 28.9. The Morgan fingerprint density at radius 1 is 1.03 bits per heavy atom. The van der Waals surface area contributed by atoms with E-state index in [4.69, 9.17) is 27.9 Å². The Labute approximate surface area is 234 Å². The Morgan fingerprint density at radius 2 is 1.68 bits per heavy atom. The summed E-state index contributed by atoms with van der Waals surface area (Å²) >= 11 is 12.5. The molecule has 1 aliphatic heterocycles. The standard InChI is InChI=1S/C28H33Cl2NO6S/c1-28(2,3)38(35,36)23-10-5-4-9-21(23)31-25(17-11-13-19(29)14-12-17)26(18-7-6-8-20(30)15-18)37-22(27(31)34)16-24(32)33/h6-8,11-15,21-23,25-26H,4-5,9-10,16H2,1-3H3,(H,32,33). The second-order valence-electron chi connectivity index (χ2n) is 11.0. The molecule has 206 valence electrons. The van der Waals surface area contributed by atoms with Crippen LogP contribution in [0.5, 0.6) is 0 Å². The number of carboxylic acids is 1. The van der Waals surface area contributed by atoms with Crippen molar-refractivity contribution in [2.45, 2.75) is 87.2 Å². The van der Waals surface area contributed by atoms with Crippen LogP contribution in [0.25, 0.3) is 0 Å². The predicted octanol–water partition coefficient (Wildman–Crippen LogP) is 6.00. The predicted molar refractivity (Wildman–Crippen MR) is 147 cm³/mol. The van der Waals surface area contributed by atoms with Crippen molar-refractivity contribution in [1.82, 2.24) is 4.90 Å². The van der Waals surface area contributed by atoms with Gasteiger partial charge in [0.2, 0.25) is 0 Å². The van der Waals surface area contributed by atoms with E-state index in [1.165, 1.54) is 0 Å². The highest BCUT2D eigenvalue weighted by molar-refractivity contribution is 7.93. The lowest BCUT2D eigenvalue weighted by Crippen LogP contribution is -2.61. The first-order chi connectivity index (χ1) is 17.8. The van der Waals surface area contributed by atoms with Crippen LogP contribution in [0.3, 0.4) is 0 Å². The van der Waals surface area contributed by atoms with Crippen LogP contribution in [-0.2, 0) is 24.2 Å². The molecule has 1 aliphatic carbocycles. The van der Waals surface area contributed by atoms with Gasteiger partial charge in [-0.3, -0.25) is 9.59 Å². The highest BCUT2D eigenvalue weighted by Gasteiger charge is 2.52. The van der Waals surface area contributed by atoms with E-state index in [0.29, 0.717) is 34.0 Å². The fourth-order valence-electron chi connectivity index (χ4n) is 5.57. The second kappa shape index (κ2) is 11.2. The maximum absolute atomic E-state index is 14.1. The van der Waals surface area contributed by atoms with Gasteiger partial charge in [0.05, 0.1) is 22.5 Å². The summed E-state index contributed by atoms with van der Waals surface area (Å²) in [5.74, 6) is -1.70. The summed E-state index contributed by atoms with van der Waals surface area (Å²) in [6.07, 6.45) is -0.202. The van der Waals surface area contributed by atoms with E-state index < -0.39 is 62.4 Å². The van der Waals surface area contributed by atoms with E-state index in [2.05, 4.69) is 0 Å². The summed E-state index contributed by atoms with van der Waals surface area (Å²) in [5.41, 5.74) is 1.37. The van der Waals surface area contributed by atoms with Crippen molar-refractivity contribution in [3.8, 4) is 0 Å². The molecule has 10 heteroatoms. The van der Waals surface area contributed by atoms with Crippen molar-refractivity contribution >= 4 is 44.9 Å². The molecule has 1 amide bonds. The van der Waals surface area contributed by atoms with Gasteiger partial charge in [0.1, 0.15) is 12.2 Å². The summed E-state index contributed by atoms with van der Waals surface area (Å²) in [6.45, 7) is 5.02. The zero-order chi connectivity index (χ0) is 27.8. The van der Waals surface area contributed by atoms with E-state index >= 15 is 0 Å². The summed E-state index contributed by atoms with van der Waals surface area (Å²) in [5, 5.41) is 9.78. The molecule has 0 bridgehead atoms. The number of nitrogens with zero attached hydrogens (tertiary/aromatic N) is 1. The molecule has 4 rings (SSSR count). The number of halogens is 2. The lowest BCUT2D eigenvalue weighted by molar-refractivity contribution is -0.184. The fraction of sp³-hybridized carbons (Fsp3) is 0.500. The van der Waals surface area contributed by atoms with Gasteiger partial charge in [-0.05, 0) is 69.0 Å². The molecule has 7 nitrogen and oxygen atoms in total. The van der Waals surface area contributed by atoms with Gasteiger partial charge in [-0.25, -0.2) is 8.42 Å². The Balaban J connectivity index is 1.92. The van der Waals surface area contributed by atoms with Crippen molar-refractivity contribution in [2.75, 3.05) is 0 Å². The monoisotopic (exact) mass is 581 g/mol. The van der Waals surface area contributed by atoms with Gasteiger partial charge < -0.3 is 14.7 Å². The van der Waals surface area contributed by atoms with E-state index in [0.717, 1.165) is 12.8 Å². The Hall–Kier alpha value is -2.13. The van der Waals surface area contributed by atoms with Crippen molar-refractivity contribution < 1.29 is 27.9 Å². The third kappa shape index (κ3) is 5.74. The molecule has 1 saturated heterocycles. The number of carbonyl (C=O) groups excluding carboxylic acids is 1. The summed E-state index contributed by atoms with van der Waals surface area (Å²) < 4.78 is 32.8. The molecule has 2 aromatic rings. The van der Waals surface area contributed by atoms with Crippen LogP contribution in [0.1, 0.15) is 76.1 Å². The molecule has 1 N–H and O–H groups in total. The minimum Gasteiger partial charge on any atom is -0.481 e. The van der Waals surface area contributed by atoms with E-state index in [1.54, 1.807) is 68.1 Å². The molecule has 5 atom stereocenters. The van der Waals surface area contributed by atoms with Crippen molar-refractivity contribution in [1.29, 1.82) is 0 Å². The Morgan fingerprint density at radius 3 is 2.29 bits per heavy atom. The highest BCUT2D eigenvalue weighted by Crippen LogP contribution is 2.47. The van der Waals surface area contributed by atoms with Crippen LogP contribution in [0, 0.1) is 0 Å². The molecule has 0 radical (unpaired) electrons. The maximum atomic E-state index is 14.1. The first-order valence-corrected chi connectivity index (χ1v) is 15.1. The lowest BCUT2D eigenvalue weighted by Gasteiger charge is -2.51. The smallest absolute Gasteiger partial charge is 0.306 e. The average molecular weight is 583 g/mol. The first-order valence-electron chi connectivity index (χ1n) is 12.7. The number of amides is 1. The molecule has 2 fully saturated rings. The number of ether oxygens (including phenoxy) is 1. The van der Waals surface area contributed by atoms with Crippen molar-refractivity contribution in [3.05, 3.63) is 69.7 Å². The molecule has 0 spiro atoms. The minimum atomic E-state index is -3.66. The van der Waals surface area contributed by atoms with Crippen LogP contribution < -0.4 is 0 Å². The minimum absolute atomic E-state index is 0.424. The number of benzene rings is 2. The molecular formula is C28H33Cl2NO6S. The fourth-order valence-corrected chi connectivity index (χ4v) is 7.96. The number of hydrogen-bond acceptors (Lipinski definition) is 5. The summed E-state index contributed by atoms with van der Waals surface area (Å²) in [6, 6.07) is 12.7. The topological polar surface area (TPSA) is 101 Å². The van der Waals surface area contributed by atoms with E-state index in [9.17, 15) is 23.1 Å². The van der Waals surface area contributed by atoms with E-state index in [-0.39, 0.29) is 0 Å². The SMILES string of the molecule is CC(C)(C)S(=O)(=O)C1CCCCC1N1C(=O)C(CC(=O)O)OC(c2cccc(Cl)c2)C1c1ccc(Cl)cc1. The molecule has 0 aromatic heterocycles.